The highest BCUT2D eigenvalue weighted by molar-refractivity contribution is 6.31. The number of aldehydes is 1. The maximum atomic E-state index is 11.1. The first kappa shape index (κ1) is 13.7. The van der Waals surface area contributed by atoms with Crippen LogP contribution in [-0.2, 0) is 0 Å². The Labute approximate surface area is 116 Å². The third-order valence-electron chi connectivity index (χ3n) is 3.28. The number of piperidine rings is 1. The van der Waals surface area contributed by atoms with Gasteiger partial charge in [-0.1, -0.05) is 11.6 Å². The highest BCUT2D eigenvalue weighted by Crippen LogP contribution is 2.26. The monoisotopic (exact) mass is 282 g/mol. The van der Waals surface area contributed by atoms with Crippen LogP contribution in [0, 0.1) is 0 Å². The maximum absolute atomic E-state index is 11.1. The van der Waals surface area contributed by atoms with Crippen LogP contribution < -0.4 is 10.2 Å². The predicted molar refractivity (Wildman–Crippen MR) is 73.2 cm³/mol. The van der Waals surface area contributed by atoms with Gasteiger partial charge in [0.1, 0.15) is 0 Å². The number of carbonyl (C=O) groups excluding carboxylic acids is 1. The standard InChI is InChI=1S/C13H15ClN2O3/c14-10-1-2-12(9(7-10)8-17)16-5-3-11(4-6-16)15-13(18)19/h1-2,7-8,11,15H,3-6H2,(H,18,19). The molecule has 1 aromatic carbocycles. The van der Waals surface area contributed by atoms with E-state index in [0.717, 1.165) is 24.8 Å². The summed E-state index contributed by atoms with van der Waals surface area (Å²) in [7, 11) is 0. The van der Waals surface area contributed by atoms with Gasteiger partial charge in [-0.05, 0) is 31.0 Å². The predicted octanol–water partition coefficient (Wildman–Crippen LogP) is 2.39. The van der Waals surface area contributed by atoms with Crippen molar-refractivity contribution in [3.63, 3.8) is 0 Å². The molecule has 0 atom stereocenters. The van der Waals surface area contributed by atoms with Gasteiger partial charge in [0, 0.05) is 35.4 Å². The van der Waals surface area contributed by atoms with Crippen molar-refractivity contribution in [3.05, 3.63) is 28.8 Å². The van der Waals surface area contributed by atoms with Crippen LogP contribution in [0.1, 0.15) is 23.2 Å². The van der Waals surface area contributed by atoms with Gasteiger partial charge >= 0.3 is 6.09 Å². The normalized spacial score (nSPS) is 16.2. The molecular formula is C13H15ClN2O3. The number of nitrogens with one attached hydrogen (secondary N) is 1. The van der Waals surface area contributed by atoms with E-state index in [1.807, 2.05) is 6.07 Å². The molecule has 1 saturated heterocycles. The number of benzene rings is 1. The van der Waals surface area contributed by atoms with Gasteiger partial charge in [-0.2, -0.15) is 0 Å². The van der Waals surface area contributed by atoms with Gasteiger partial charge in [-0.15, -0.1) is 0 Å². The molecule has 102 valence electrons. The lowest BCUT2D eigenvalue weighted by molar-refractivity contribution is 0.112. The number of carboxylic acid groups (broad SMARTS) is 1. The van der Waals surface area contributed by atoms with Gasteiger partial charge in [0.25, 0.3) is 0 Å². The molecule has 1 aliphatic rings. The summed E-state index contributed by atoms with van der Waals surface area (Å²) in [4.78, 5) is 23.7. The van der Waals surface area contributed by atoms with E-state index in [1.54, 1.807) is 12.1 Å². The average molecular weight is 283 g/mol. The van der Waals surface area contributed by atoms with E-state index in [2.05, 4.69) is 10.2 Å². The van der Waals surface area contributed by atoms with Gasteiger partial charge in [0.2, 0.25) is 0 Å². The second-order valence-corrected chi connectivity index (χ2v) is 4.97. The summed E-state index contributed by atoms with van der Waals surface area (Å²) in [6.45, 7) is 1.43. The Hall–Kier alpha value is -1.75. The number of rotatable bonds is 3. The van der Waals surface area contributed by atoms with E-state index in [0.29, 0.717) is 23.7 Å². The van der Waals surface area contributed by atoms with E-state index in [1.165, 1.54) is 0 Å². The Kier molecular flexibility index (Phi) is 4.27. The van der Waals surface area contributed by atoms with Crippen molar-refractivity contribution in [2.75, 3.05) is 18.0 Å². The zero-order valence-electron chi connectivity index (χ0n) is 10.3. The van der Waals surface area contributed by atoms with Gasteiger partial charge in [-0.25, -0.2) is 4.79 Å². The number of halogens is 1. The fraction of sp³-hybridized carbons (Fsp3) is 0.385. The molecule has 0 saturated carbocycles. The summed E-state index contributed by atoms with van der Waals surface area (Å²) in [6, 6.07) is 5.22. The number of hydrogen-bond donors (Lipinski definition) is 2. The largest absolute Gasteiger partial charge is 0.465 e. The number of amides is 1. The molecule has 2 N–H and O–H groups in total. The molecule has 2 rings (SSSR count). The van der Waals surface area contributed by atoms with Crippen molar-refractivity contribution in [1.82, 2.24) is 5.32 Å². The first-order chi connectivity index (χ1) is 9.10. The van der Waals surface area contributed by atoms with Crippen LogP contribution in [-0.4, -0.2) is 36.6 Å². The Morgan fingerprint density at radius 1 is 1.42 bits per heavy atom. The van der Waals surface area contributed by atoms with Crippen molar-refractivity contribution in [2.45, 2.75) is 18.9 Å². The van der Waals surface area contributed by atoms with Crippen molar-refractivity contribution in [3.8, 4) is 0 Å². The molecule has 0 unspecified atom stereocenters. The quantitative estimate of drug-likeness (QED) is 0.835. The lowest BCUT2D eigenvalue weighted by Crippen LogP contribution is -2.44. The minimum absolute atomic E-state index is 0.0132. The molecule has 0 aliphatic carbocycles. The molecule has 0 spiro atoms. The molecule has 1 aliphatic heterocycles. The highest BCUT2D eigenvalue weighted by Gasteiger charge is 2.22. The lowest BCUT2D eigenvalue weighted by atomic mass is 10.0. The SMILES string of the molecule is O=Cc1cc(Cl)ccc1N1CCC(NC(=O)O)CC1. The fourth-order valence-corrected chi connectivity index (χ4v) is 2.53. The summed E-state index contributed by atoms with van der Waals surface area (Å²) in [5, 5.41) is 11.7. The minimum Gasteiger partial charge on any atom is -0.465 e. The Morgan fingerprint density at radius 3 is 2.68 bits per heavy atom. The molecule has 1 heterocycles. The van der Waals surface area contributed by atoms with Gasteiger partial charge in [0.15, 0.2) is 6.29 Å². The molecular weight excluding hydrogens is 268 g/mol. The molecule has 1 amide bonds. The van der Waals surface area contributed by atoms with Crippen LogP contribution in [0.4, 0.5) is 10.5 Å². The number of hydrogen-bond acceptors (Lipinski definition) is 3. The van der Waals surface area contributed by atoms with E-state index in [4.69, 9.17) is 16.7 Å². The van der Waals surface area contributed by atoms with E-state index in [-0.39, 0.29) is 6.04 Å². The smallest absolute Gasteiger partial charge is 0.404 e. The molecule has 1 aromatic rings. The number of anilines is 1. The zero-order valence-corrected chi connectivity index (χ0v) is 11.1. The molecule has 0 bridgehead atoms. The molecule has 5 nitrogen and oxygen atoms in total. The van der Waals surface area contributed by atoms with E-state index in [9.17, 15) is 9.59 Å². The summed E-state index contributed by atoms with van der Waals surface area (Å²) in [5.41, 5.74) is 1.42. The summed E-state index contributed by atoms with van der Waals surface area (Å²) < 4.78 is 0. The second kappa shape index (κ2) is 5.93. The van der Waals surface area contributed by atoms with Gasteiger partial charge in [0.05, 0.1) is 0 Å². The highest BCUT2D eigenvalue weighted by atomic mass is 35.5. The fourth-order valence-electron chi connectivity index (χ4n) is 2.35. The number of nitrogens with zero attached hydrogens (tertiary/aromatic N) is 1. The van der Waals surface area contributed by atoms with Crippen molar-refractivity contribution >= 4 is 29.7 Å². The first-order valence-electron chi connectivity index (χ1n) is 6.09. The van der Waals surface area contributed by atoms with Crippen LogP contribution in [0.3, 0.4) is 0 Å². The van der Waals surface area contributed by atoms with Crippen LogP contribution in [0.15, 0.2) is 18.2 Å². The lowest BCUT2D eigenvalue weighted by Gasteiger charge is -2.34. The first-order valence-corrected chi connectivity index (χ1v) is 6.47. The Bertz CT molecular complexity index is 485. The van der Waals surface area contributed by atoms with Crippen LogP contribution in [0.5, 0.6) is 0 Å². The maximum Gasteiger partial charge on any atom is 0.404 e. The summed E-state index contributed by atoms with van der Waals surface area (Å²) in [6.07, 6.45) is 1.27. The second-order valence-electron chi connectivity index (χ2n) is 4.53. The Morgan fingerprint density at radius 2 is 2.11 bits per heavy atom. The zero-order chi connectivity index (χ0) is 13.8. The molecule has 19 heavy (non-hydrogen) atoms. The van der Waals surface area contributed by atoms with Crippen LogP contribution in [0.2, 0.25) is 5.02 Å². The van der Waals surface area contributed by atoms with Crippen molar-refractivity contribution < 1.29 is 14.7 Å². The average Bonchev–Trinajstić information content (AvgIpc) is 2.39. The Balaban J connectivity index is 2.05. The molecule has 0 aromatic heterocycles. The molecule has 1 fully saturated rings. The minimum atomic E-state index is -0.987. The summed E-state index contributed by atoms with van der Waals surface area (Å²) >= 11 is 5.86. The topological polar surface area (TPSA) is 69.6 Å². The molecule has 0 radical (unpaired) electrons. The van der Waals surface area contributed by atoms with Crippen LogP contribution >= 0.6 is 11.6 Å². The third kappa shape index (κ3) is 3.38. The molecule has 6 heteroatoms. The number of carbonyl (C=O) groups is 2. The van der Waals surface area contributed by atoms with Gasteiger partial charge in [-0.3, -0.25) is 4.79 Å². The van der Waals surface area contributed by atoms with E-state index >= 15 is 0 Å². The summed E-state index contributed by atoms with van der Waals surface area (Å²) in [5.74, 6) is 0. The van der Waals surface area contributed by atoms with Crippen LogP contribution in [0.25, 0.3) is 0 Å². The van der Waals surface area contributed by atoms with Crippen molar-refractivity contribution in [1.29, 1.82) is 0 Å². The third-order valence-corrected chi connectivity index (χ3v) is 3.51. The van der Waals surface area contributed by atoms with E-state index < -0.39 is 6.09 Å². The van der Waals surface area contributed by atoms with Gasteiger partial charge < -0.3 is 15.3 Å². The van der Waals surface area contributed by atoms with Crippen molar-refractivity contribution in [2.24, 2.45) is 0 Å².